The Labute approximate surface area is 135 Å². The molecule has 0 radical (unpaired) electrons. The minimum atomic E-state index is -0.174. The Morgan fingerprint density at radius 3 is 2.77 bits per heavy atom. The molecule has 0 fully saturated rings. The topological polar surface area (TPSA) is 43.6 Å². The van der Waals surface area contributed by atoms with Gasteiger partial charge in [-0.1, -0.05) is 17.7 Å². The van der Waals surface area contributed by atoms with Gasteiger partial charge in [-0.3, -0.25) is 14.4 Å². The first-order valence-electron chi connectivity index (χ1n) is 7.11. The van der Waals surface area contributed by atoms with Crippen LogP contribution in [-0.2, 0) is 0 Å². The molecular weight excluding hydrogens is 300 g/mol. The van der Waals surface area contributed by atoms with Crippen LogP contribution in [0.15, 0.2) is 47.6 Å². The third kappa shape index (κ3) is 4.21. The highest BCUT2D eigenvalue weighted by atomic mass is 35.5. The Hall–Kier alpha value is -2.07. The summed E-state index contributed by atoms with van der Waals surface area (Å²) in [5.41, 5.74) is 1.54. The van der Waals surface area contributed by atoms with E-state index >= 15 is 0 Å². The number of pyridine rings is 1. The normalized spacial score (nSPS) is 11.8. The number of hydrogen-bond donors (Lipinski definition) is 0. The third-order valence-electron chi connectivity index (χ3n) is 2.99. The molecule has 0 saturated carbocycles. The number of carbonyl (C=O) groups is 1. The molecule has 4 nitrogen and oxygen atoms in total. The lowest BCUT2D eigenvalue weighted by Gasteiger charge is -2.09. The van der Waals surface area contributed by atoms with Gasteiger partial charge in [-0.05, 0) is 56.7 Å². The van der Waals surface area contributed by atoms with E-state index in [9.17, 15) is 4.79 Å². The van der Waals surface area contributed by atoms with Gasteiger partial charge in [-0.2, -0.15) is 0 Å². The van der Waals surface area contributed by atoms with Gasteiger partial charge >= 0.3 is 0 Å². The first kappa shape index (κ1) is 16.3. The molecule has 0 aliphatic carbocycles. The largest absolute Gasteiger partial charge is 0.484 e. The first-order chi connectivity index (χ1) is 10.5. The second-order valence-corrected chi connectivity index (χ2v) is 5.65. The molecule has 2 rings (SSSR count). The Kier molecular flexibility index (Phi) is 5.39. The molecule has 0 amide bonds. The van der Waals surface area contributed by atoms with Crippen molar-refractivity contribution in [3.05, 3.63) is 58.7 Å². The highest BCUT2D eigenvalue weighted by molar-refractivity contribution is 6.31. The molecule has 0 atom stereocenters. The standard InChI is InChI=1S/C17H19ClN2O2/c1-12(2)19-16-6-4-5-9-20(16)17(21)11-22-14-7-8-15(18)13(3)10-14/h4-10,12H,11H2,1-3H3. The van der Waals surface area contributed by atoms with Crippen molar-refractivity contribution in [2.24, 2.45) is 4.99 Å². The maximum absolute atomic E-state index is 12.3. The number of aryl methyl sites for hydroxylation is 1. The van der Waals surface area contributed by atoms with Crippen molar-refractivity contribution >= 4 is 17.5 Å². The molecule has 0 saturated heterocycles. The summed E-state index contributed by atoms with van der Waals surface area (Å²) < 4.78 is 7.05. The fraction of sp³-hybridized carbons (Fsp3) is 0.294. The average molecular weight is 319 g/mol. The summed E-state index contributed by atoms with van der Waals surface area (Å²) in [7, 11) is 0. The minimum absolute atomic E-state index is 0.0592. The quantitative estimate of drug-likeness (QED) is 0.866. The van der Waals surface area contributed by atoms with Crippen LogP contribution in [0.4, 0.5) is 0 Å². The van der Waals surface area contributed by atoms with Gasteiger partial charge in [0.2, 0.25) is 0 Å². The number of benzene rings is 1. The second-order valence-electron chi connectivity index (χ2n) is 5.25. The van der Waals surface area contributed by atoms with Crippen LogP contribution < -0.4 is 10.2 Å². The maximum atomic E-state index is 12.3. The summed E-state index contributed by atoms with van der Waals surface area (Å²) in [5, 5.41) is 0.675. The first-order valence-corrected chi connectivity index (χ1v) is 7.49. The van der Waals surface area contributed by atoms with E-state index in [0.29, 0.717) is 16.3 Å². The van der Waals surface area contributed by atoms with Gasteiger partial charge in [-0.25, -0.2) is 0 Å². The smallest absolute Gasteiger partial charge is 0.270 e. The lowest BCUT2D eigenvalue weighted by Crippen LogP contribution is -2.31. The summed E-state index contributed by atoms with van der Waals surface area (Å²) in [6, 6.07) is 10.9. The lowest BCUT2D eigenvalue weighted by molar-refractivity contribution is 0.0831. The van der Waals surface area contributed by atoms with E-state index in [1.165, 1.54) is 4.57 Å². The van der Waals surface area contributed by atoms with Crippen LogP contribution in [0.5, 0.6) is 5.75 Å². The molecule has 0 unspecified atom stereocenters. The fourth-order valence-corrected chi connectivity index (χ4v) is 2.05. The van der Waals surface area contributed by atoms with Gasteiger partial charge in [0.25, 0.3) is 5.91 Å². The van der Waals surface area contributed by atoms with Crippen LogP contribution in [-0.4, -0.2) is 23.1 Å². The predicted octanol–water partition coefficient (Wildman–Crippen LogP) is 3.48. The Bertz CT molecular complexity index is 735. The van der Waals surface area contributed by atoms with Crippen molar-refractivity contribution < 1.29 is 9.53 Å². The van der Waals surface area contributed by atoms with Gasteiger partial charge in [-0.15, -0.1) is 0 Å². The third-order valence-corrected chi connectivity index (χ3v) is 3.41. The molecule has 0 spiro atoms. The molecule has 0 bridgehead atoms. The van der Waals surface area contributed by atoms with Crippen LogP contribution in [0.1, 0.15) is 24.2 Å². The van der Waals surface area contributed by atoms with Crippen molar-refractivity contribution in [3.8, 4) is 5.75 Å². The van der Waals surface area contributed by atoms with Crippen LogP contribution in [0.3, 0.4) is 0 Å². The maximum Gasteiger partial charge on any atom is 0.270 e. The molecular formula is C17H19ClN2O2. The van der Waals surface area contributed by atoms with Crippen molar-refractivity contribution in [2.75, 3.05) is 6.61 Å². The molecule has 0 aliphatic rings. The van der Waals surface area contributed by atoms with Crippen LogP contribution >= 0.6 is 11.6 Å². The van der Waals surface area contributed by atoms with Gasteiger partial charge < -0.3 is 4.74 Å². The van der Waals surface area contributed by atoms with Crippen LogP contribution in [0.2, 0.25) is 5.02 Å². The zero-order chi connectivity index (χ0) is 16.1. The molecule has 1 aromatic heterocycles. The second kappa shape index (κ2) is 7.27. The SMILES string of the molecule is Cc1cc(OCC(=O)n2ccccc2=NC(C)C)ccc1Cl. The summed E-state index contributed by atoms with van der Waals surface area (Å²) in [4.78, 5) is 16.8. The van der Waals surface area contributed by atoms with Crippen LogP contribution in [0, 0.1) is 6.92 Å². The van der Waals surface area contributed by atoms with Gasteiger partial charge in [0.05, 0.1) is 0 Å². The van der Waals surface area contributed by atoms with Crippen molar-refractivity contribution in [1.29, 1.82) is 0 Å². The summed E-state index contributed by atoms with van der Waals surface area (Å²) >= 11 is 5.97. The molecule has 0 aliphatic heterocycles. The van der Waals surface area contributed by atoms with Crippen molar-refractivity contribution in [3.63, 3.8) is 0 Å². The Morgan fingerprint density at radius 1 is 1.32 bits per heavy atom. The van der Waals surface area contributed by atoms with Crippen molar-refractivity contribution in [1.82, 2.24) is 4.57 Å². The minimum Gasteiger partial charge on any atom is -0.484 e. The van der Waals surface area contributed by atoms with Crippen LogP contribution in [0.25, 0.3) is 0 Å². The highest BCUT2D eigenvalue weighted by Crippen LogP contribution is 2.20. The predicted molar refractivity (Wildman–Crippen MR) is 87.4 cm³/mol. The number of aromatic nitrogens is 1. The Morgan fingerprint density at radius 2 is 2.09 bits per heavy atom. The van der Waals surface area contributed by atoms with E-state index in [4.69, 9.17) is 16.3 Å². The molecule has 1 heterocycles. The van der Waals surface area contributed by atoms with Gasteiger partial charge in [0, 0.05) is 17.3 Å². The summed E-state index contributed by atoms with van der Waals surface area (Å²) in [6.45, 7) is 5.77. The Balaban J connectivity index is 2.14. The number of halogens is 1. The molecule has 0 N–H and O–H groups in total. The number of ether oxygens (including phenoxy) is 1. The molecule has 2 aromatic rings. The highest BCUT2D eigenvalue weighted by Gasteiger charge is 2.07. The van der Waals surface area contributed by atoms with E-state index < -0.39 is 0 Å². The molecule has 5 heteroatoms. The van der Waals surface area contributed by atoms with E-state index in [1.807, 2.05) is 39.0 Å². The average Bonchev–Trinajstić information content (AvgIpc) is 2.48. The number of nitrogens with zero attached hydrogens (tertiary/aromatic N) is 2. The zero-order valence-electron chi connectivity index (χ0n) is 12.9. The molecule has 116 valence electrons. The zero-order valence-corrected chi connectivity index (χ0v) is 13.7. The molecule has 1 aromatic carbocycles. The van der Waals surface area contributed by atoms with E-state index in [2.05, 4.69) is 4.99 Å². The number of carbonyl (C=O) groups excluding carboxylic acids is 1. The summed E-state index contributed by atoms with van der Waals surface area (Å²) in [5.74, 6) is 0.446. The number of hydrogen-bond acceptors (Lipinski definition) is 3. The molecule has 22 heavy (non-hydrogen) atoms. The monoisotopic (exact) mass is 318 g/mol. The number of rotatable bonds is 4. The fourth-order valence-electron chi connectivity index (χ4n) is 1.94. The van der Waals surface area contributed by atoms with E-state index in [0.717, 1.165) is 5.56 Å². The van der Waals surface area contributed by atoms with E-state index in [1.54, 1.807) is 24.4 Å². The van der Waals surface area contributed by atoms with E-state index in [-0.39, 0.29) is 18.6 Å². The van der Waals surface area contributed by atoms with Gasteiger partial charge in [0.1, 0.15) is 11.2 Å². The van der Waals surface area contributed by atoms with Crippen molar-refractivity contribution in [2.45, 2.75) is 26.8 Å². The summed E-state index contributed by atoms with van der Waals surface area (Å²) in [6.07, 6.45) is 1.69. The lowest BCUT2D eigenvalue weighted by atomic mass is 10.2. The van der Waals surface area contributed by atoms with Gasteiger partial charge in [0.15, 0.2) is 6.61 Å².